The van der Waals surface area contributed by atoms with Crippen LogP contribution in [0.5, 0.6) is 0 Å². The Labute approximate surface area is 141 Å². The van der Waals surface area contributed by atoms with Gasteiger partial charge in [0.2, 0.25) is 0 Å². The average molecular weight is 413 g/mol. The fourth-order valence-corrected chi connectivity index (χ4v) is 2.29. The summed E-state index contributed by atoms with van der Waals surface area (Å²) in [5.74, 6) is 0.690. The Morgan fingerprint density at radius 1 is 1.50 bits per heavy atom. The lowest BCUT2D eigenvalue weighted by atomic mass is 10.00. The summed E-state index contributed by atoms with van der Waals surface area (Å²) in [7, 11) is 1.66. The number of nitrogens with zero attached hydrogens (tertiary/aromatic N) is 1. The maximum atomic E-state index is 10.4. The van der Waals surface area contributed by atoms with Gasteiger partial charge >= 0.3 is 0 Å². The van der Waals surface area contributed by atoms with Gasteiger partial charge in [0.25, 0.3) is 0 Å². The lowest BCUT2D eigenvalue weighted by Crippen LogP contribution is -2.40. The zero-order valence-electron chi connectivity index (χ0n) is 12.2. The minimum Gasteiger partial charge on any atom is -0.383 e. The summed E-state index contributed by atoms with van der Waals surface area (Å²) in [5.41, 5.74) is -0.0437. The Morgan fingerprint density at radius 3 is 2.80 bits per heavy atom. The molecule has 0 saturated heterocycles. The van der Waals surface area contributed by atoms with Gasteiger partial charge in [-0.05, 0) is 36.2 Å². The molecule has 0 radical (unpaired) electrons. The molecule has 1 atom stereocenters. The van der Waals surface area contributed by atoms with Gasteiger partial charge in [0, 0.05) is 20.2 Å². The van der Waals surface area contributed by atoms with Crippen molar-refractivity contribution in [1.82, 2.24) is 10.6 Å². The van der Waals surface area contributed by atoms with Gasteiger partial charge in [0.1, 0.15) is 5.60 Å². The van der Waals surface area contributed by atoms with Crippen LogP contribution in [0, 0.1) is 0 Å². The summed E-state index contributed by atoms with van der Waals surface area (Å²) in [6.07, 6.45) is 0. The second-order valence-corrected chi connectivity index (χ2v) is 5.18. The number of hydrogen-bond donors (Lipinski definition) is 3. The number of hydrogen-bond acceptors (Lipinski definition) is 4. The first-order chi connectivity index (χ1) is 9.10. The minimum absolute atomic E-state index is 0. The van der Waals surface area contributed by atoms with Crippen molar-refractivity contribution in [2.45, 2.75) is 19.4 Å². The first kappa shape index (κ1) is 19.6. The SMILES string of the molecule is CCNC(=NCC(C)(O)c1ccsc1)NCCOC.I. The van der Waals surface area contributed by atoms with Gasteiger partial charge < -0.3 is 20.5 Å². The summed E-state index contributed by atoms with van der Waals surface area (Å²) >= 11 is 1.57. The Kier molecular flexibility index (Phi) is 10.2. The number of guanidine groups is 1. The maximum absolute atomic E-state index is 10.4. The molecule has 0 saturated carbocycles. The third-order valence-corrected chi connectivity index (χ3v) is 3.31. The van der Waals surface area contributed by atoms with Crippen molar-refractivity contribution in [3.05, 3.63) is 22.4 Å². The summed E-state index contributed by atoms with van der Waals surface area (Å²) < 4.78 is 4.98. The topological polar surface area (TPSA) is 65.9 Å². The number of halogens is 1. The van der Waals surface area contributed by atoms with Crippen LogP contribution >= 0.6 is 35.3 Å². The largest absolute Gasteiger partial charge is 0.383 e. The average Bonchev–Trinajstić information content (AvgIpc) is 2.91. The van der Waals surface area contributed by atoms with E-state index < -0.39 is 5.60 Å². The third-order valence-electron chi connectivity index (χ3n) is 2.63. The number of rotatable bonds is 7. The molecule has 116 valence electrons. The van der Waals surface area contributed by atoms with E-state index >= 15 is 0 Å². The molecular weight excluding hydrogens is 389 g/mol. The van der Waals surface area contributed by atoms with Crippen molar-refractivity contribution >= 4 is 41.3 Å². The van der Waals surface area contributed by atoms with E-state index in [-0.39, 0.29) is 24.0 Å². The summed E-state index contributed by atoms with van der Waals surface area (Å²) in [6.45, 7) is 6.17. The molecule has 0 spiro atoms. The normalized spacial score (nSPS) is 14.3. The molecule has 0 bridgehead atoms. The number of nitrogens with one attached hydrogen (secondary N) is 2. The molecule has 20 heavy (non-hydrogen) atoms. The molecule has 1 aromatic heterocycles. The Bertz CT molecular complexity index is 383. The van der Waals surface area contributed by atoms with Gasteiger partial charge in [-0.15, -0.1) is 24.0 Å². The Hall–Kier alpha value is -0.380. The van der Waals surface area contributed by atoms with Crippen molar-refractivity contribution in [3.63, 3.8) is 0 Å². The number of thiophene rings is 1. The molecule has 3 N–H and O–H groups in total. The van der Waals surface area contributed by atoms with Crippen LogP contribution in [-0.4, -0.2) is 44.4 Å². The molecule has 0 aliphatic heterocycles. The highest BCUT2D eigenvalue weighted by atomic mass is 127. The van der Waals surface area contributed by atoms with Crippen LogP contribution in [0.3, 0.4) is 0 Å². The van der Waals surface area contributed by atoms with Gasteiger partial charge in [-0.25, -0.2) is 4.99 Å². The van der Waals surface area contributed by atoms with Crippen LogP contribution in [0.4, 0.5) is 0 Å². The zero-order chi connectivity index (χ0) is 14.1. The molecule has 1 heterocycles. The molecule has 0 aliphatic carbocycles. The van der Waals surface area contributed by atoms with Crippen LogP contribution in [0.2, 0.25) is 0 Å². The van der Waals surface area contributed by atoms with Gasteiger partial charge in [-0.2, -0.15) is 11.3 Å². The first-order valence-corrected chi connectivity index (χ1v) is 7.30. The molecule has 7 heteroatoms. The van der Waals surface area contributed by atoms with Gasteiger partial charge in [0.05, 0.1) is 13.2 Å². The van der Waals surface area contributed by atoms with E-state index in [0.717, 1.165) is 12.1 Å². The van der Waals surface area contributed by atoms with Gasteiger partial charge in [0.15, 0.2) is 5.96 Å². The number of aliphatic imine (C=N–C) groups is 1. The lowest BCUT2D eigenvalue weighted by Gasteiger charge is -2.21. The fourth-order valence-electron chi connectivity index (χ4n) is 1.51. The van der Waals surface area contributed by atoms with E-state index in [9.17, 15) is 5.11 Å². The van der Waals surface area contributed by atoms with Crippen molar-refractivity contribution in [2.24, 2.45) is 4.99 Å². The molecule has 0 fully saturated rings. The van der Waals surface area contributed by atoms with Crippen molar-refractivity contribution in [1.29, 1.82) is 0 Å². The third kappa shape index (κ3) is 6.87. The zero-order valence-corrected chi connectivity index (χ0v) is 15.3. The van der Waals surface area contributed by atoms with Crippen LogP contribution in [0.15, 0.2) is 21.8 Å². The van der Waals surface area contributed by atoms with Crippen LogP contribution in [0.1, 0.15) is 19.4 Å². The standard InChI is InChI=1S/C13H23N3O2S.HI/c1-4-14-12(15-6-7-18-3)16-10-13(2,17)11-5-8-19-9-11;/h5,8-9,17H,4,6-7,10H2,1-3H3,(H2,14,15,16);1H. The second kappa shape index (κ2) is 10.4. The highest BCUT2D eigenvalue weighted by Gasteiger charge is 2.23. The predicted octanol–water partition coefficient (Wildman–Crippen LogP) is 1.78. The number of methoxy groups -OCH3 is 1. The van der Waals surface area contributed by atoms with E-state index in [1.807, 2.05) is 23.8 Å². The lowest BCUT2D eigenvalue weighted by molar-refractivity contribution is 0.0677. The highest BCUT2D eigenvalue weighted by molar-refractivity contribution is 14.0. The molecule has 0 amide bonds. The van der Waals surface area contributed by atoms with E-state index in [1.54, 1.807) is 25.4 Å². The van der Waals surface area contributed by atoms with E-state index in [4.69, 9.17) is 4.74 Å². The molecule has 1 unspecified atom stereocenters. The molecule has 0 aromatic carbocycles. The highest BCUT2D eigenvalue weighted by Crippen LogP contribution is 2.23. The van der Waals surface area contributed by atoms with E-state index in [2.05, 4.69) is 15.6 Å². The monoisotopic (exact) mass is 413 g/mol. The number of aliphatic hydroxyl groups is 1. The first-order valence-electron chi connectivity index (χ1n) is 6.36. The molecule has 5 nitrogen and oxygen atoms in total. The summed E-state index contributed by atoms with van der Waals surface area (Å²) in [5, 5.41) is 20.6. The summed E-state index contributed by atoms with van der Waals surface area (Å²) in [4.78, 5) is 4.41. The van der Waals surface area contributed by atoms with Crippen LogP contribution in [-0.2, 0) is 10.3 Å². The van der Waals surface area contributed by atoms with Crippen molar-refractivity contribution in [2.75, 3.05) is 33.4 Å². The molecule has 1 aromatic rings. The fraction of sp³-hybridized carbons (Fsp3) is 0.615. The van der Waals surface area contributed by atoms with Crippen LogP contribution in [0.25, 0.3) is 0 Å². The molecular formula is C13H24IN3O2S. The molecule has 1 rings (SSSR count). The minimum atomic E-state index is -0.941. The van der Waals surface area contributed by atoms with E-state index in [1.165, 1.54) is 0 Å². The smallest absolute Gasteiger partial charge is 0.191 e. The quantitative estimate of drug-likeness (QED) is 0.276. The predicted molar refractivity (Wildman–Crippen MR) is 95.2 cm³/mol. The summed E-state index contributed by atoms with van der Waals surface area (Å²) in [6, 6.07) is 1.92. The van der Waals surface area contributed by atoms with Crippen LogP contribution < -0.4 is 10.6 Å². The Morgan fingerprint density at radius 2 is 2.25 bits per heavy atom. The van der Waals surface area contributed by atoms with E-state index in [0.29, 0.717) is 25.7 Å². The van der Waals surface area contributed by atoms with Gasteiger partial charge in [-0.3, -0.25) is 0 Å². The second-order valence-electron chi connectivity index (χ2n) is 4.40. The number of ether oxygens (including phenoxy) is 1. The van der Waals surface area contributed by atoms with Crippen molar-refractivity contribution < 1.29 is 9.84 Å². The maximum Gasteiger partial charge on any atom is 0.191 e. The molecule has 0 aliphatic rings. The van der Waals surface area contributed by atoms with Gasteiger partial charge in [-0.1, -0.05) is 0 Å². The Balaban J connectivity index is 0.00000361. The van der Waals surface area contributed by atoms with Crippen molar-refractivity contribution in [3.8, 4) is 0 Å².